The normalized spacial score (nSPS) is 11.7. The Bertz CT molecular complexity index is 567. The van der Waals surface area contributed by atoms with Gasteiger partial charge < -0.3 is 20.7 Å². The van der Waals surface area contributed by atoms with Crippen LogP contribution in [0.3, 0.4) is 0 Å². The van der Waals surface area contributed by atoms with Gasteiger partial charge in [0, 0.05) is 12.1 Å². The number of oxime groups is 1. The Kier molecular flexibility index (Phi) is 4.15. The summed E-state index contributed by atoms with van der Waals surface area (Å²) in [5.74, 6) is 0.0307. The van der Waals surface area contributed by atoms with Gasteiger partial charge in [-0.05, 0) is 18.2 Å². The summed E-state index contributed by atoms with van der Waals surface area (Å²) in [6.45, 7) is 0.819. The third-order valence-electron chi connectivity index (χ3n) is 2.66. The van der Waals surface area contributed by atoms with E-state index in [9.17, 15) is 4.39 Å². The molecule has 2 rings (SSSR count). The maximum atomic E-state index is 14.0. The number of benzene rings is 1. The lowest BCUT2D eigenvalue weighted by molar-refractivity contribution is 0.318. The zero-order valence-electron chi connectivity index (χ0n) is 10.1. The standard InChI is InChI=1S/C13H14FN3O2/c14-12-9(3-1-5-11(12)13(15)17-18)7-16-8-10-4-2-6-19-10/h1-6,16,18H,7-8H2,(H2,15,17). The highest BCUT2D eigenvalue weighted by Gasteiger charge is 2.11. The summed E-state index contributed by atoms with van der Waals surface area (Å²) in [5, 5.41) is 14.4. The fourth-order valence-corrected chi connectivity index (χ4v) is 1.70. The molecule has 19 heavy (non-hydrogen) atoms. The van der Waals surface area contributed by atoms with Gasteiger partial charge in [-0.25, -0.2) is 4.39 Å². The van der Waals surface area contributed by atoms with Crippen LogP contribution in [0.2, 0.25) is 0 Å². The van der Waals surface area contributed by atoms with Crippen molar-refractivity contribution in [1.82, 2.24) is 5.32 Å². The Morgan fingerprint density at radius 1 is 1.32 bits per heavy atom. The molecule has 0 saturated carbocycles. The van der Waals surface area contributed by atoms with Crippen LogP contribution < -0.4 is 11.1 Å². The van der Waals surface area contributed by atoms with E-state index in [4.69, 9.17) is 15.4 Å². The molecule has 2 aromatic rings. The Morgan fingerprint density at radius 3 is 2.84 bits per heavy atom. The van der Waals surface area contributed by atoms with Crippen molar-refractivity contribution in [2.24, 2.45) is 10.9 Å². The zero-order chi connectivity index (χ0) is 13.7. The number of rotatable bonds is 5. The van der Waals surface area contributed by atoms with Crippen molar-refractivity contribution in [3.05, 3.63) is 59.3 Å². The second kappa shape index (κ2) is 6.01. The molecule has 1 heterocycles. The van der Waals surface area contributed by atoms with E-state index < -0.39 is 5.82 Å². The van der Waals surface area contributed by atoms with E-state index in [1.807, 2.05) is 6.07 Å². The van der Waals surface area contributed by atoms with Gasteiger partial charge in [0.1, 0.15) is 11.6 Å². The number of halogens is 1. The van der Waals surface area contributed by atoms with Gasteiger partial charge in [0.05, 0.1) is 18.4 Å². The van der Waals surface area contributed by atoms with E-state index in [1.54, 1.807) is 24.5 Å². The first kappa shape index (κ1) is 13.1. The SMILES string of the molecule is N/C(=N/O)c1cccc(CNCc2ccco2)c1F. The minimum absolute atomic E-state index is 0.0831. The van der Waals surface area contributed by atoms with E-state index in [2.05, 4.69) is 10.5 Å². The van der Waals surface area contributed by atoms with E-state index in [1.165, 1.54) is 6.07 Å². The topological polar surface area (TPSA) is 83.8 Å². The largest absolute Gasteiger partial charge is 0.468 e. The average Bonchev–Trinajstić information content (AvgIpc) is 2.93. The van der Waals surface area contributed by atoms with Crippen molar-refractivity contribution in [2.45, 2.75) is 13.1 Å². The first-order chi connectivity index (χ1) is 9.22. The zero-order valence-corrected chi connectivity index (χ0v) is 10.1. The predicted molar refractivity (Wildman–Crippen MR) is 68.2 cm³/mol. The molecule has 4 N–H and O–H groups in total. The molecule has 0 spiro atoms. The van der Waals surface area contributed by atoms with Crippen molar-refractivity contribution in [2.75, 3.05) is 0 Å². The molecule has 0 saturated heterocycles. The summed E-state index contributed by atoms with van der Waals surface area (Å²) in [5.41, 5.74) is 5.92. The molecule has 100 valence electrons. The Labute approximate surface area is 109 Å². The minimum atomic E-state index is -0.496. The van der Waals surface area contributed by atoms with Crippen LogP contribution in [0.1, 0.15) is 16.9 Å². The molecule has 0 aliphatic rings. The quantitative estimate of drug-likeness (QED) is 0.332. The summed E-state index contributed by atoms with van der Waals surface area (Å²) < 4.78 is 19.2. The maximum Gasteiger partial charge on any atom is 0.173 e. The van der Waals surface area contributed by atoms with Gasteiger partial charge in [-0.2, -0.15) is 0 Å². The Balaban J connectivity index is 2.04. The highest BCUT2D eigenvalue weighted by atomic mass is 19.1. The van der Waals surface area contributed by atoms with Gasteiger partial charge in [0.2, 0.25) is 0 Å². The lowest BCUT2D eigenvalue weighted by Crippen LogP contribution is -2.18. The lowest BCUT2D eigenvalue weighted by Gasteiger charge is -2.08. The van der Waals surface area contributed by atoms with Gasteiger partial charge >= 0.3 is 0 Å². The van der Waals surface area contributed by atoms with Gasteiger partial charge in [0.25, 0.3) is 0 Å². The smallest absolute Gasteiger partial charge is 0.173 e. The summed E-state index contributed by atoms with van der Waals surface area (Å²) in [7, 11) is 0. The van der Waals surface area contributed by atoms with Gasteiger partial charge in [0.15, 0.2) is 5.84 Å². The molecule has 6 heteroatoms. The molecule has 0 aliphatic carbocycles. The predicted octanol–water partition coefficient (Wildman–Crippen LogP) is 1.80. The van der Waals surface area contributed by atoms with Crippen LogP contribution in [0.5, 0.6) is 0 Å². The number of nitrogens with zero attached hydrogens (tertiary/aromatic N) is 1. The minimum Gasteiger partial charge on any atom is -0.468 e. The second-order valence-corrected chi connectivity index (χ2v) is 3.95. The van der Waals surface area contributed by atoms with Crippen molar-refractivity contribution in [3.63, 3.8) is 0 Å². The van der Waals surface area contributed by atoms with Crippen LogP contribution in [-0.2, 0) is 13.1 Å². The van der Waals surface area contributed by atoms with E-state index in [0.29, 0.717) is 18.7 Å². The molecule has 1 aromatic carbocycles. The monoisotopic (exact) mass is 263 g/mol. The number of furan rings is 1. The van der Waals surface area contributed by atoms with Gasteiger partial charge in [-0.1, -0.05) is 17.3 Å². The first-order valence-electron chi connectivity index (χ1n) is 5.70. The summed E-state index contributed by atoms with van der Waals surface area (Å²) in [6.07, 6.45) is 1.58. The summed E-state index contributed by atoms with van der Waals surface area (Å²) >= 11 is 0. The number of amidine groups is 1. The van der Waals surface area contributed by atoms with Crippen LogP contribution in [0.15, 0.2) is 46.2 Å². The fourth-order valence-electron chi connectivity index (χ4n) is 1.70. The summed E-state index contributed by atoms with van der Waals surface area (Å²) in [4.78, 5) is 0. The number of nitrogens with one attached hydrogen (secondary N) is 1. The van der Waals surface area contributed by atoms with Crippen LogP contribution in [0.25, 0.3) is 0 Å². The molecule has 0 radical (unpaired) electrons. The third-order valence-corrected chi connectivity index (χ3v) is 2.66. The molecule has 0 aliphatic heterocycles. The Morgan fingerprint density at radius 2 is 2.16 bits per heavy atom. The molecule has 0 atom stereocenters. The van der Waals surface area contributed by atoms with Gasteiger partial charge in [-0.3, -0.25) is 0 Å². The van der Waals surface area contributed by atoms with Gasteiger partial charge in [-0.15, -0.1) is 0 Å². The number of hydrogen-bond acceptors (Lipinski definition) is 4. The summed E-state index contributed by atoms with van der Waals surface area (Å²) in [6, 6.07) is 8.37. The molecular formula is C13H14FN3O2. The van der Waals surface area contributed by atoms with Crippen LogP contribution in [0, 0.1) is 5.82 Å². The average molecular weight is 263 g/mol. The molecule has 1 aromatic heterocycles. The molecular weight excluding hydrogens is 249 g/mol. The molecule has 5 nitrogen and oxygen atoms in total. The Hall–Kier alpha value is -2.34. The van der Waals surface area contributed by atoms with E-state index in [0.717, 1.165) is 5.76 Å². The van der Waals surface area contributed by atoms with E-state index in [-0.39, 0.29) is 11.4 Å². The molecule has 0 amide bonds. The number of hydrogen-bond donors (Lipinski definition) is 3. The number of nitrogens with two attached hydrogens (primary N) is 1. The van der Waals surface area contributed by atoms with Crippen LogP contribution >= 0.6 is 0 Å². The van der Waals surface area contributed by atoms with Crippen molar-refractivity contribution in [1.29, 1.82) is 0 Å². The van der Waals surface area contributed by atoms with Crippen molar-refractivity contribution in [3.8, 4) is 0 Å². The van der Waals surface area contributed by atoms with Crippen molar-refractivity contribution < 1.29 is 14.0 Å². The second-order valence-electron chi connectivity index (χ2n) is 3.95. The van der Waals surface area contributed by atoms with Crippen LogP contribution in [0.4, 0.5) is 4.39 Å². The lowest BCUT2D eigenvalue weighted by atomic mass is 10.1. The van der Waals surface area contributed by atoms with E-state index >= 15 is 0 Å². The maximum absolute atomic E-state index is 14.0. The molecule has 0 bridgehead atoms. The molecule has 0 fully saturated rings. The highest BCUT2D eigenvalue weighted by molar-refractivity contribution is 5.97. The molecule has 0 unspecified atom stereocenters. The third kappa shape index (κ3) is 3.11. The highest BCUT2D eigenvalue weighted by Crippen LogP contribution is 2.13. The fraction of sp³-hybridized carbons (Fsp3) is 0.154. The van der Waals surface area contributed by atoms with Crippen LogP contribution in [-0.4, -0.2) is 11.0 Å². The first-order valence-corrected chi connectivity index (χ1v) is 5.70. The van der Waals surface area contributed by atoms with Crippen molar-refractivity contribution >= 4 is 5.84 Å².